The van der Waals surface area contributed by atoms with Crippen LogP contribution in [0.15, 0.2) is 12.1 Å². The fraction of sp³-hybridized carbons (Fsp3) is 0.400. The Balaban J connectivity index is 2.64. The summed E-state index contributed by atoms with van der Waals surface area (Å²) in [7, 11) is -3.43. The van der Waals surface area contributed by atoms with E-state index in [0.717, 1.165) is 7.05 Å². The molecule has 0 radical (unpaired) electrons. The highest BCUT2D eigenvalue weighted by molar-refractivity contribution is 7.93. The summed E-state index contributed by atoms with van der Waals surface area (Å²) in [5, 5.41) is -2.08. The van der Waals surface area contributed by atoms with Crippen molar-refractivity contribution in [2.24, 2.45) is 0 Å². The van der Waals surface area contributed by atoms with Gasteiger partial charge in [0.2, 0.25) is 10.0 Å². The highest BCUT2D eigenvalue weighted by Gasteiger charge is 2.48. The number of anilines is 1. The SMILES string of the molecule is CN1c2cc(F)cc(F)c2C(CC(F)(F)F)S1(=O)=O. The number of nitrogens with zero attached hydrogens (tertiary/aromatic N) is 1. The maximum Gasteiger partial charge on any atom is 0.390 e. The second kappa shape index (κ2) is 4.06. The highest BCUT2D eigenvalue weighted by atomic mass is 32.2. The van der Waals surface area contributed by atoms with Gasteiger partial charge in [-0.2, -0.15) is 13.2 Å². The van der Waals surface area contributed by atoms with Crippen LogP contribution in [0.25, 0.3) is 0 Å². The monoisotopic (exact) mass is 301 g/mol. The first-order valence-electron chi connectivity index (χ1n) is 5.07. The Bertz CT molecular complexity index is 626. The maximum absolute atomic E-state index is 13.6. The van der Waals surface area contributed by atoms with Gasteiger partial charge >= 0.3 is 6.18 Å². The molecule has 9 heteroatoms. The van der Waals surface area contributed by atoms with Crippen molar-refractivity contribution in [1.29, 1.82) is 0 Å². The number of sulfonamides is 1. The Morgan fingerprint density at radius 2 is 1.84 bits per heavy atom. The second-order valence-electron chi connectivity index (χ2n) is 4.14. The van der Waals surface area contributed by atoms with Crippen molar-refractivity contribution in [3.05, 3.63) is 29.3 Å². The Hall–Kier alpha value is -1.38. The van der Waals surface area contributed by atoms with Gasteiger partial charge in [-0.05, 0) is 6.07 Å². The lowest BCUT2D eigenvalue weighted by Crippen LogP contribution is -2.27. The minimum atomic E-state index is -4.78. The normalized spacial score (nSPS) is 21.6. The Labute approximate surface area is 105 Å². The summed E-state index contributed by atoms with van der Waals surface area (Å²) >= 11 is 0. The zero-order chi connectivity index (χ0) is 14.6. The molecule has 3 nitrogen and oxygen atoms in total. The lowest BCUT2D eigenvalue weighted by molar-refractivity contribution is -0.134. The average molecular weight is 301 g/mol. The Morgan fingerprint density at radius 1 is 1.26 bits per heavy atom. The summed E-state index contributed by atoms with van der Waals surface area (Å²) in [5.74, 6) is -2.34. The molecule has 0 saturated carbocycles. The average Bonchev–Trinajstić information content (AvgIpc) is 2.38. The summed E-state index contributed by atoms with van der Waals surface area (Å²) < 4.78 is 88.0. The third-order valence-corrected chi connectivity index (χ3v) is 4.97. The lowest BCUT2D eigenvalue weighted by atomic mass is 10.1. The van der Waals surface area contributed by atoms with Crippen LogP contribution in [0.4, 0.5) is 27.6 Å². The number of benzene rings is 1. The number of fused-ring (bicyclic) bond motifs is 1. The van der Waals surface area contributed by atoms with Crippen molar-refractivity contribution >= 4 is 15.7 Å². The molecule has 1 aliphatic heterocycles. The molecule has 1 heterocycles. The largest absolute Gasteiger partial charge is 0.390 e. The number of hydrogen-bond acceptors (Lipinski definition) is 2. The predicted molar refractivity (Wildman–Crippen MR) is 57.1 cm³/mol. The molecule has 0 saturated heterocycles. The number of rotatable bonds is 1. The molecule has 0 spiro atoms. The van der Waals surface area contributed by atoms with Crippen molar-refractivity contribution in [1.82, 2.24) is 0 Å². The zero-order valence-corrected chi connectivity index (χ0v) is 10.3. The van der Waals surface area contributed by atoms with Gasteiger partial charge in [-0.3, -0.25) is 4.31 Å². The van der Waals surface area contributed by atoms with E-state index in [0.29, 0.717) is 16.4 Å². The van der Waals surface area contributed by atoms with Crippen LogP contribution in [0.5, 0.6) is 0 Å². The lowest BCUT2D eigenvalue weighted by Gasteiger charge is -2.15. The Morgan fingerprint density at radius 3 is 2.37 bits per heavy atom. The molecule has 0 amide bonds. The molecule has 1 aromatic carbocycles. The van der Waals surface area contributed by atoms with E-state index >= 15 is 0 Å². The smallest absolute Gasteiger partial charge is 0.272 e. The van der Waals surface area contributed by atoms with Gasteiger partial charge in [0.05, 0.1) is 12.1 Å². The van der Waals surface area contributed by atoms with E-state index in [-0.39, 0.29) is 0 Å². The van der Waals surface area contributed by atoms with Crippen molar-refractivity contribution in [3.63, 3.8) is 0 Å². The van der Waals surface area contributed by atoms with Crippen LogP contribution >= 0.6 is 0 Å². The van der Waals surface area contributed by atoms with Gasteiger partial charge < -0.3 is 0 Å². The minimum Gasteiger partial charge on any atom is -0.272 e. The van der Waals surface area contributed by atoms with E-state index in [1.165, 1.54) is 0 Å². The summed E-state index contributed by atoms with van der Waals surface area (Å²) in [6, 6.07) is 1.07. The van der Waals surface area contributed by atoms with E-state index in [4.69, 9.17) is 0 Å². The molecule has 106 valence electrons. The molecule has 0 bridgehead atoms. The van der Waals surface area contributed by atoms with Crippen LogP contribution < -0.4 is 4.31 Å². The van der Waals surface area contributed by atoms with Crippen LogP contribution in [0.3, 0.4) is 0 Å². The van der Waals surface area contributed by atoms with Gasteiger partial charge in [0.15, 0.2) is 0 Å². The first-order chi connectivity index (χ1) is 8.54. The molecule has 1 aliphatic rings. The van der Waals surface area contributed by atoms with Gasteiger partial charge in [-0.1, -0.05) is 0 Å². The summed E-state index contributed by atoms with van der Waals surface area (Å²) in [6.45, 7) is 0. The molecule has 0 N–H and O–H groups in total. The molecule has 0 aliphatic carbocycles. The van der Waals surface area contributed by atoms with E-state index < -0.39 is 50.8 Å². The highest BCUT2D eigenvalue weighted by Crippen LogP contribution is 2.47. The molecule has 2 rings (SSSR count). The molecule has 0 aromatic heterocycles. The summed E-state index contributed by atoms with van der Waals surface area (Å²) in [6.07, 6.45) is -6.49. The molecule has 1 unspecified atom stereocenters. The second-order valence-corrected chi connectivity index (χ2v) is 6.29. The molecule has 0 fully saturated rings. The van der Waals surface area contributed by atoms with Crippen molar-refractivity contribution in [3.8, 4) is 0 Å². The topological polar surface area (TPSA) is 37.4 Å². The van der Waals surface area contributed by atoms with Crippen LogP contribution in [-0.2, 0) is 10.0 Å². The fourth-order valence-corrected chi connectivity index (χ4v) is 3.78. The number of alkyl halides is 3. The first kappa shape index (κ1) is 14.0. The van der Waals surface area contributed by atoms with Crippen molar-refractivity contribution < 1.29 is 30.4 Å². The molecular weight excluding hydrogens is 293 g/mol. The third kappa shape index (κ3) is 2.26. The predicted octanol–water partition coefficient (Wildman–Crippen LogP) is 2.74. The van der Waals surface area contributed by atoms with Gasteiger partial charge in [0, 0.05) is 18.7 Å². The number of hydrogen-bond donors (Lipinski definition) is 0. The van der Waals surface area contributed by atoms with Gasteiger partial charge in [-0.25, -0.2) is 17.2 Å². The Kier molecular flexibility index (Phi) is 3.00. The van der Waals surface area contributed by atoms with Gasteiger partial charge in [-0.15, -0.1) is 0 Å². The third-order valence-electron chi connectivity index (χ3n) is 2.89. The summed E-state index contributed by atoms with van der Waals surface area (Å²) in [4.78, 5) is 0. The van der Waals surface area contributed by atoms with Gasteiger partial charge in [0.25, 0.3) is 0 Å². The van der Waals surface area contributed by atoms with Gasteiger partial charge in [0.1, 0.15) is 16.9 Å². The minimum absolute atomic E-state index is 0.372. The first-order valence-corrected chi connectivity index (χ1v) is 6.58. The van der Waals surface area contributed by atoms with Crippen molar-refractivity contribution in [2.75, 3.05) is 11.4 Å². The molecule has 1 atom stereocenters. The molecule has 1 aromatic rings. The zero-order valence-electron chi connectivity index (χ0n) is 9.50. The molecule has 19 heavy (non-hydrogen) atoms. The van der Waals surface area contributed by atoms with E-state index in [2.05, 4.69) is 0 Å². The summed E-state index contributed by atoms with van der Waals surface area (Å²) in [5.41, 5.74) is -1.03. The maximum atomic E-state index is 13.6. The number of halogens is 5. The van der Waals surface area contributed by atoms with Crippen LogP contribution in [0, 0.1) is 11.6 Å². The quantitative estimate of drug-likeness (QED) is 0.748. The van der Waals surface area contributed by atoms with E-state index in [9.17, 15) is 30.4 Å². The van der Waals surface area contributed by atoms with Crippen LogP contribution in [0.1, 0.15) is 17.2 Å². The van der Waals surface area contributed by atoms with E-state index in [1.54, 1.807) is 0 Å². The van der Waals surface area contributed by atoms with Crippen LogP contribution in [-0.4, -0.2) is 21.6 Å². The van der Waals surface area contributed by atoms with E-state index in [1.807, 2.05) is 0 Å². The van der Waals surface area contributed by atoms with Crippen LogP contribution in [0.2, 0.25) is 0 Å². The standard InChI is InChI=1S/C10H8F5NO2S/c1-16-7-3-5(11)2-6(12)9(7)8(19(16,17)18)4-10(13,14)15/h2-3,8H,4H2,1H3. The molecular formula is C10H8F5NO2S. The van der Waals surface area contributed by atoms with Crippen molar-refractivity contribution in [2.45, 2.75) is 17.8 Å². The fourth-order valence-electron chi connectivity index (χ4n) is 2.04.